The van der Waals surface area contributed by atoms with Gasteiger partial charge in [-0.2, -0.15) is 8.78 Å². The molecule has 3 rings (SSSR count). The number of halogens is 2. The highest BCUT2D eigenvalue weighted by atomic mass is 19.3. The summed E-state index contributed by atoms with van der Waals surface area (Å²) in [5.74, 6) is 0.932. The van der Waals surface area contributed by atoms with E-state index in [1.807, 2.05) is 20.8 Å². The Hall–Kier alpha value is -1.45. The van der Waals surface area contributed by atoms with E-state index in [4.69, 9.17) is 4.74 Å². The third kappa shape index (κ3) is 4.70. The average Bonchev–Trinajstić information content (AvgIpc) is 2.66. The van der Waals surface area contributed by atoms with E-state index in [1.165, 1.54) is 0 Å². The molecule has 0 amide bonds. The van der Waals surface area contributed by atoms with Crippen LogP contribution in [-0.2, 0) is 4.79 Å². The van der Waals surface area contributed by atoms with Gasteiger partial charge in [0.15, 0.2) is 0 Å². The summed E-state index contributed by atoms with van der Waals surface area (Å²) in [6.07, 6.45) is 4.82. The molecular formula is C23H32F2O2. The van der Waals surface area contributed by atoms with Crippen LogP contribution in [0.2, 0.25) is 0 Å². The van der Waals surface area contributed by atoms with Crippen molar-refractivity contribution >= 4 is 6.29 Å². The van der Waals surface area contributed by atoms with Crippen molar-refractivity contribution in [3.8, 4) is 5.75 Å². The molecule has 0 heterocycles. The maximum atomic E-state index is 14.8. The number of hydrogen-bond donors (Lipinski definition) is 0. The summed E-state index contributed by atoms with van der Waals surface area (Å²) in [7, 11) is 0. The molecule has 0 aliphatic heterocycles. The van der Waals surface area contributed by atoms with Crippen LogP contribution in [0.15, 0.2) is 12.1 Å². The van der Waals surface area contributed by atoms with Crippen molar-refractivity contribution in [2.45, 2.75) is 78.2 Å². The molecule has 0 radical (unpaired) electrons. The molecule has 1 aromatic rings. The second kappa shape index (κ2) is 8.28. The molecule has 1 aromatic carbocycles. The summed E-state index contributed by atoms with van der Waals surface area (Å²) in [5, 5.41) is 0. The van der Waals surface area contributed by atoms with Crippen LogP contribution < -0.4 is 4.74 Å². The molecule has 0 aromatic heterocycles. The predicted molar refractivity (Wildman–Crippen MR) is 103 cm³/mol. The van der Waals surface area contributed by atoms with Crippen molar-refractivity contribution in [1.29, 1.82) is 0 Å². The number of carbonyl (C=O) groups is 1. The molecule has 2 fully saturated rings. The second-order valence-corrected chi connectivity index (χ2v) is 8.77. The summed E-state index contributed by atoms with van der Waals surface area (Å²) < 4.78 is 34.7. The molecule has 27 heavy (non-hydrogen) atoms. The number of alkyl halides is 2. The first-order valence-electron chi connectivity index (χ1n) is 10.4. The molecule has 150 valence electrons. The lowest BCUT2D eigenvalue weighted by Gasteiger charge is -2.38. The number of hydrogen-bond acceptors (Lipinski definition) is 2. The van der Waals surface area contributed by atoms with Gasteiger partial charge in [0.1, 0.15) is 12.0 Å². The Bertz CT molecular complexity index is 631. The van der Waals surface area contributed by atoms with Crippen LogP contribution in [0, 0.1) is 44.4 Å². The van der Waals surface area contributed by atoms with Gasteiger partial charge in [0, 0.05) is 5.92 Å². The van der Waals surface area contributed by atoms with Crippen LogP contribution in [0.1, 0.15) is 68.1 Å². The van der Waals surface area contributed by atoms with Crippen molar-refractivity contribution in [2.75, 3.05) is 0 Å². The predicted octanol–water partition coefficient (Wildman–Crippen LogP) is 6.40. The first kappa shape index (κ1) is 20.3. The third-order valence-electron chi connectivity index (χ3n) is 7.08. The van der Waals surface area contributed by atoms with E-state index >= 15 is 0 Å². The molecule has 0 unspecified atom stereocenters. The number of aryl methyl sites for hydroxylation is 2. The average molecular weight is 379 g/mol. The number of aldehydes is 1. The van der Waals surface area contributed by atoms with Gasteiger partial charge in [-0.25, -0.2) is 0 Å². The summed E-state index contributed by atoms with van der Waals surface area (Å²) in [5.41, 5.74) is 3.08. The fourth-order valence-corrected chi connectivity index (χ4v) is 4.97. The molecule has 2 aliphatic carbocycles. The fourth-order valence-electron chi connectivity index (χ4n) is 4.97. The molecule has 0 N–H and O–H groups in total. The lowest BCUT2D eigenvalue weighted by molar-refractivity contribution is -0.224. The van der Waals surface area contributed by atoms with Gasteiger partial charge in [0.2, 0.25) is 0 Å². The Labute approximate surface area is 161 Å². The SMILES string of the molecule is Cc1cc(OC(F)(F)C2CCC(C3CCC(C=O)CC3)CC2)cc(C)c1C. The summed E-state index contributed by atoms with van der Waals surface area (Å²) >= 11 is 0. The number of benzene rings is 1. The smallest absolute Gasteiger partial charge is 0.400 e. The van der Waals surface area contributed by atoms with Crippen LogP contribution in [0.5, 0.6) is 5.75 Å². The Morgan fingerprint density at radius 3 is 1.85 bits per heavy atom. The summed E-state index contributed by atoms with van der Waals surface area (Å²) in [6.45, 7) is 5.85. The zero-order chi connectivity index (χ0) is 19.6. The largest absolute Gasteiger partial charge is 0.432 e. The fraction of sp³-hybridized carbons (Fsp3) is 0.696. The van der Waals surface area contributed by atoms with Gasteiger partial charge in [-0.1, -0.05) is 0 Å². The minimum atomic E-state index is -3.12. The van der Waals surface area contributed by atoms with Gasteiger partial charge in [-0.15, -0.1) is 0 Å². The zero-order valence-corrected chi connectivity index (χ0v) is 16.8. The first-order valence-corrected chi connectivity index (χ1v) is 10.4. The lowest BCUT2D eigenvalue weighted by Crippen LogP contribution is -2.38. The first-order chi connectivity index (χ1) is 12.8. The van der Waals surface area contributed by atoms with Crippen LogP contribution >= 0.6 is 0 Å². The molecule has 0 saturated heterocycles. The Morgan fingerprint density at radius 1 is 0.889 bits per heavy atom. The molecule has 0 spiro atoms. The van der Waals surface area contributed by atoms with Gasteiger partial charge in [0.25, 0.3) is 0 Å². The third-order valence-corrected chi connectivity index (χ3v) is 7.08. The van der Waals surface area contributed by atoms with Crippen molar-refractivity contribution in [3.05, 3.63) is 28.8 Å². The lowest BCUT2D eigenvalue weighted by atomic mass is 9.69. The monoisotopic (exact) mass is 378 g/mol. The van der Waals surface area contributed by atoms with Crippen molar-refractivity contribution in [3.63, 3.8) is 0 Å². The maximum absolute atomic E-state index is 14.8. The topological polar surface area (TPSA) is 26.3 Å². The van der Waals surface area contributed by atoms with Gasteiger partial charge >= 0.3 is 6.11 Å². The quantitative estimate of drug-likeness (QED) is 0.555. The van der Waals surface area contributed by atoms with Crippen LogP contribution in [0.25, 0.3) is 0 Å². The van der Waals surface area contributed by atoms with E-state index in [-0.39, 0.29) is 11.7 Å². The van der Waals surface area contributed by atoms with Crippen molar-refractivity contribution < 1.29 is 18.3 Å². The van der Waals surface area contributed by atoms with E-state index in [1.54, 1.807) is 12.1 Å². The summed E-state index contributed by atoms with van der Waals surface area (Å²) in [6, 6.07) is 3.43. The maximum Gasteiger partial charge on any atom is 0.400 e. The van der Waals surface area contributed by atoms with Crippen LogP contribution in [0.3, 0.4) is 0 Å². The van der Waals surface area contributed by atoms with Gasteiger partial charge < -0.3 is 9.53 Å². The highest BCUT2D eigenvalue weighted by Crippen LogP contribution is 2.45. The van der Waals surface area contributed by atoms with Crippen LogP contribution in [0.4, 0.5) is 8.78 Å². The van der Waals surface area contributed by atoms with Crippen LogP contribution in [-0.4, -0.2) is 12.4 Å². The minimum Gasteiger partial charge on any atom is -0.432 e. The standard InChI is InChI=1S/C23H32F2O2/c1-15-12-22(13-16(2)17(15)3)27-23(24,25)21-10-8-20(9-11-21)19-6-4-18(14-26)5-7-19/h12-14,18-21H,4-11H2,1-3H3. The molecule has 0 bridgehead atoms. The minimum absolute atomic E-state index is 0.219. The van der Waals surface area contributed by atoms with E-state index in [2.05, 4.69) is 0 Å². The van der Waals surface area contributed by atoms with E-state index < -0.39 is 12.0 Å². The van der Waals surface area contributed by atoms with Gasteiger partial charge in [-0.3, -0.25) is 0 Å². The Kier molecular flexibility index (Phi) is 6.22. The van der Waals surface area contributed by atoms with E-state index in [9.17, 15) is 13.6 Å². The number of ether oxygens (including phenoxy) is 1. The molecular weight excluding hydrogens is 346 g/mol. The van der Waals surface area contributed by atoms with E-state index in [0.717, 1.165) is 61.5 Å². The van der Waals surface area contributed by atoms with E-state index in [0.29, 0.717) is 24.7 Å². The zero-order valence-electron chi connectivity index (χ0n) is 16.8. The molecule has 2 nitrogen and oxygen atoms in total. The molecule has 2 aliphatic rings. The Morgan fingerprint density at radius 2 is 1.37 bits per heavy atom. The number of rotatable bonds is 5. The Balaban J connectivity index is 1.56. The van der Waals surface area contributed by atoms with Crippen molar-refractivity contribution in [2.24, 2.45) is 23.7 Å². The molecule has 4 heteroatoms. The molecule has 0 atom stereocenters. The number of carbonyl (C=O) groups excluding carboxylic acids is 1. The summed E-state index contributed by atoms with van der Waals surface area (Å²) in [4.78, 5) is 10.9. The second-order valence-electron chi connectivity index (χ2n) is 8.77. The van der Waals surface area contributed by atoms with Gasteiger partial charge in [-0.05, 0) is 113 Å². The van der Waals surface area contributed by atoms with Gasteiger partial charge in [0.05, 0.1) is 5.92 Å². The van der Waals surface area contributed by atoms with Crippen molar-refractivity contribution in [1.82, 2.24) is 0 Å². The normalized spacial score (nSPS) is 29.4. The highest BCUT2D eigenvalue weighted by molar-refractivity contribution is 5.53. The molecule has 2 saturated carbocycles. The highest BCUT2D eigenvalue weighted by Gasteiger charge is 2.45.